The van der Waals surface area contributed by atoms with Crippen LogP contribution in [0.2, 0.25) is 0 Å². The number of hydrogen-bond acceptors (Lipinski definition) is 2. The summed E-state index contributed by atoms with van der Waals surface area (Å²) in [4.78, 5) is 12.2. The first-order chi connectivity index (χ1) is 9.70. The van der Waals surface area contributed by atoms with E-state index in [9.17, 15) is 4.79 Å². The fourth-order valence-corrected chi connectivity index (χ4v) is 2.17. The molecule has 0 aliphatic rings. The third-order valence-electron chi connectivity index (χ3n) is 3.02. The van der Waals surface area contributed by atoms with Gasteiger partial charge in [0, 0.05) is 17.3 Å². The summed E-state index contributed by atoms with van der Waals surface area (Å²) in [7, 11) is 0. The molecule has 3 nitrogen and oxygen atoms in total. The summed E-state index contributed by atoms with van der Waals surface area (Å²) in [5.41, 5.74) is 8.19. The topological polar surface area (TPSA) is 46.3 Å². The maximum absolute atomic E-state index is 12.2. The summed E-state index contributed by atoms with van der Waals surface area (Å²) in [6.45, 7) is 0.981. The van der Waals surface area contributed by atoms with Crippen LogP contribution in [-0.2, 0) is 13.0 Å². The number of hydrogen-bond donors (Lipinski definition) is 1. The van der Waals surface area contributed by atoms with Gasteiger partial charge < -0.3 is 5.73 Å². The predicted molar refractivity (Wildman–Crippen MR) is 81.4 cm³/mol. The van der Waals surface area contributed by atoms with Crippen molar-refractivity contribution in [2.24, 2.45) is 5.73 Å². The lowest BCUT2D eigenvalue weighted by atomic mass is 10.1. The Bertz CT molecular complexity index is 554. The van der Waals surface area contributed by atoms with Crippen LogP contribution in [0.15, 0.2) is 54.6 Å². The minimum Gasteiger partial charge on any atom is -0.330 e. The van der Waals surface area contributed by atoms with Crippen molar-refractivity contribution >= 4 is 17.7 Å². The second-order valence-corrected chi connectivity index (χ2v) is 4.95. The van der Waals surface area contributed by atoms with Gasteiger partial charge in [0.05, 0.1) is 6.54 Å². The van der Waals surface area contributed by atoms with Crippen molar-refractivity contribution in [3.8, 4) is 0 Å². The van der Waals surface area contributed by atoms with Gasteiger partial charge in [-0.05, 0) is 36.2 Å². The van der Waals surface area contributed by atoms with Crippen LogP contribution in [0.3, 0.4) is 0 Å². The van der Waals surface area contributed by atoms with E-state index in [1.807, 2.05) is 42.5 Å². The number of amides is 1. The second kappa shape index (κ2) is 7.08. The molecule has 0 fully saturated rings. The van der Waals surface area contributed by atoms with E-state index in [1.165, 1.54) is 4.42 Å². The molecule has 0 bridgehead atoms. The van der Waals surface area contributed by atoms with Crippen molar-refractivity contribution in [1.29, 1.82) is 0 Å². The van der Waals surface area contributed by atoms with Crippen LogP contribution in [0.25, 0.3) is 0 Å². The van der Waals surface area contributed by atoms with E-state index in [4.69, 9.17) is 17.5 Å². The summed E-state index contributed by atoms with van der Waals surface area (Å²) < 4.78 is 1.20. The van der Waals surface area contributed by atoms with Crippen molar-refractivity contribution in [2.45, 2.75) is 13.0 Å². The van der Waals surface area contributed by atoms with E-state index in [0.29, 0.717) is 18.7 Å². The van der Waals surface area contributed by atoms with Gasteiger partial charge in [-0.1, -0.05) is 42.5 Å². The maximum atomic E-state index is 12.2. The van der Waals surface area contributed by atoms with Crippen molar-refractivity contribution < 1.29 is 4.79 Å². The lowest BCUT2D eigenvalue weighted by Crippen LogP contribution is -2.21. The van der Waals surface area contributed by atoms with Gasteiger partial charge in [0.25, 0.3) is 5.91 Å². The molecule has 0 saturated heterocycles. The molecule has 0 aliphatic carbocycles. The highest BCUT2D eigenvalue weighted by Crippen LogP contribution is 2.13. The molecule has 104 valence electrons. The van der Waals surface area contributed by atoms with Crippen molar-refractivity contribution in [2.75, 3.05) is 6.54 Å². The zero-order valence-electron chi connectivity index (χ0n) is 11.1. The molecule has 0 aromatic heterocycles. The zero-order chi connectivity index (χ0) is 14.4. The number of halogens is 1. The Kier molecular flexibility index (Phi) is 5.16. The number of carbonyl (C=O) groups excluding carboxylic acids is 1. The van der Waals surface area contributed by atoms with Crippen LogP contribution in [0.4, 0.5) is 0 Å². The van der Waals surface area contributed by atoms with E-state index >= 15 is 0 Å². The van der Waals surface area contributed by atoms with Crippen LogP contribution >= 0.6 is 11.8 Å². The molecule has 0 spiro atoms. The first-order valence-electron chi connectivity index (χ1n) is 6.51. The fraction of sp³-hybridized carbons (Fsp3) is 0.188. The normalized spacial score (nSPS) is 10.3. The molecule has 0 radical (unpaired) electrons. The molecule has 2 rings (SSSR count). The summed E-state index contributed by atoms with van der Waals surface area (Å²) in [6.07, 6.45) is 0.809. The first kappa shape index (κ1) is 14.6. The molecular formula is C16H17ClN2O. The van der Waals surface area contributed by atoms with Gasteiger partial charge in [0.1, 0.15) is 0 Å². The average Bonchev–Trinajstić information content (AvgIpc) is 2.48. The van der Waals surface area contributed by atoms with Crippen molar-refractivity contribution in [1.82, 2.24) is 4.42 Å². The fourth-order valence-electron chi connectivity index (χ4n) is 1.94. The van der Waals surface area contributed by atoms with Crippen molar-refractivity contribution in [3.05, 3.63) is 71.3 Å². The first-order valence-corrected chi connectivity index (χ1v) is 6.85. The SMILES string of the molecule is NCCc1ccc(C(=O)N(Cl)Cc2ccccc2)cc1. The van der Waals surface area contributed by atoms with Crippen LogP contribution in [0.5, 0.6) is 0 Å². The number of nitrogens with two attached hydrogens (primary N) is 1. The number of nitrogens with zero attached hydrogens (tertiary/aromatic N) is 1. The van der Waals surface area contributed by atoms with Crippen molar-refractivity contribution in [3.63, 3.8) is 0 Å². The molecule has 0 atom stereocenters. The van der Waals surface area contributed by atoms with Crippen LogP contribution in [0.1, 0.15) is 21.5 Å². The van der Waals surface area contributed by atoms with E-state index in [1.54, 1.807) is 12.1 Å². The molecular weight excluding hydrogens is 272 g/mol. The Morgan fingerprint density at radius 2 is 1.65 bits per heavy atom. The Balaban J connectivity index is 2.03. The third-order valence-corrected chi connectivity index (χ3v) is 3.29. The largest absolute Gasteiger partial charge is 0.330 e. The van der Waals surface area contributed by atoms with Crippen LogP contribution in [0, 0.1) is 0 Å². The monoisotopic (exact) mass is 288 g/mol. The highest BCUT2D eigenvalue weighted by atomic mass is 35.5. The van der Waals surface area contributed by atoms with E-state index in [-0.39, 0.29) is 5.91 Å². The van der Waals surface area contributed by atoms with Gasteiger partial charge in [-0.3, -0.25) is 4.79 Å². The molecule has 2 aromatic carbocycles. The molecule has 1 amide bonds. The van der Waals surface area contributed by atoms with E-state index in [0.717, 1.165) is 17.5 Å². The molecule has 0 heterocycles. The third kappa shape index (κ3) is 3.83. The van der Waals surface area contributed by atoms with E-state index < -0.39 is 0 Å². The molecule has 4 heteroatoms. The standard InChI is InChI=1S/C16H17ClN2O/c17-19(12-14-4-2-1-3-5-14)16(20)15-8-6-13(7-9-15)10-11-18/h1-9H,10-12,18H2. The lowest BCUT2D eigenvalue weighted by Gasteiger charge is -2.14. The number of benzene rings is 2. The quantitative estimate of drug-likeness (QED) is 0.860. The molecule has 0 aliphatic heterocycles. The van der Waals surface area contributed by atoms with Gasteiger partial charge in [-0.2, -0.15) is 0 Å². The lowest BCUT2D eigenvalue weighted by molar-refractivity contribution is 0.0857. The number of carbonyl (C=O) groups is 1. The van der Waals surface area contributed by atoms with E-state index in [2.05, 4.69) is 0 Å². The molecule has 20 heavy (non-hydrogen) atoms. The van der Waals surface area contributed by atoms with Gasteiger partial charge in [0.15, 0.2) is 0 Å². The average molecular weight is 289 g/mol. The summed E-state index contributed by atoms with van der Waals surface area (Å²) in [5, 5.41) is 0. The minimum absolute atomic E-state index is 0.199. The van der Waals surface area contributed by atoms with Crippen LogP contribution in [-0.4, -0.2) is 16.9 Å². The number of rotatable bonds is 5. The summed E-state index contributed by atoms with van der Waals surface area (Å²) in [6, 6.07) is 17.0. The molecule has 0 saturated carbocycles. The molecule has 2 N–H and O–H groups in total. The van der Waals surface area contributed by atoms with Gasteiger partial charge in [-0.25, -0.2) is 4.42 Å². The zero-order valence-corrected chi connectivity index (χ0v) is 11.9. The predicted octanol–water partition coefficient (Wildman–Crippen LogP) is 2.98. The molecule has 0 unspecified atom stereocenters. The van der Waals surface area contributed by atoms with Crippen LogP contribution < -0.4 is 5.73 Å². The Hall–Kier alpha value is -1.84. The molecule has 2 aromatic rings. The van der Waals surface area contributed by atoms with Gasteiger partial charge >= 0.3 is 0 Å². The minimum atomic E-state index is -0.199. The van der Waals surface area contributed by atoms with Gasteiger partial charge in [0.2, 0.25) is 0 Å². The maximum Gasteiger partial charge on any atom is 0.268 e. The Morgan fingerprint density at radius 1 is 1.00 bits per heavy atom. The Labute approximate surface area is 124 Å². The highest BCUT2D eigenvalue weighted by Gasteiger charge is 2.13. The van der Waals surface area contributed by atoms with Gasteiger partial charge in [-0.15, -0.1) is 0 Å². The summed E-state index contributed by atoms with van der Waals surface area (Å²) >= 11 is 6.07. The second-order valence-electron chi connectivity index (χ2n) is 4.55. The highest BCUT2D eigenvalue weighted by molar-refractivity contribution is 6.23. The smallest absolute Gasteiger partial charge is 0.268 e. The Morgan fingerprint density at radius 3 is 2.25 bits per heavy atom. The summed E-state index contributed by atoms with van der Waals surface area (Å²) in [5.74, 6) is -0.199.